The topological polar surface area (TPSA) is 63.3 Å². The first-order valence-electron chi connectivity index (χ1n) is 4.27. The van der Waals surface area contributed by atoms with Gasteiger partial charge in [-0.05, 0) is 19.3 Å². The number of carboxylic acids is 1. The molecule has 0 aliphatic carbocycles. The predicted octanol–water partition coefficient (Wildman–Crippen LogP) is 1.53. The molecule has 70 valence electrons. The van der Waals surface area contributed by atoms with Crippen LogP contribution in [-0.2, 0) is 4.79 Å². The standard InChI is InChI=1S/C9H17NO2/c1-2-3-4-5-6-7-8(10)9(11)12/h2,8H,1,3-7,10H2,(H,11,12)/t8-/m0/s1. The highest BCUT2D eigenvalue weighted by atomic mass is 16.4. The molecular formula is C9H17NO2. The molecule has 3 nitrogen and oxygen atoms in total. The quantitative estimate of drug-likeness (QED) is 0.451. The van der Waals surface area contributed by atoms with Crippen LogP contribution >= 0.6 is 0 Å². The third-order valence-corrected chi connectivity index (χ3v) is 1.74. The number of carbonyl (C=O) groups is 1. The smallest absolute Gasteiger partial charge is 0.320 e. The van der Waals surface area contributed by atoms with Gasteiger partial charge >= 0.3 is 5.97 Å². The van der Waals surface area contributed by atoms with E-state index in [1.54, 1.807) is 0 Å². The lowest BCUT2D eigenvalue weighted by Crippen LogP contribution is -2.29. The maximum absolute atomic E-state index is 10.3. The molecule has 0 fully saturated rings. The minimum Gasteiger partial charge on any atom is -0.480 e. The lowest BCUT2D eigenvalue weighted by molar-refractivity contribution is -0.138. The monoisotopic (exact) mass is 171 g/mol. The SMILES string of the molecule is C=CCCCCC[C@H](N)C(=O)O. The van der Waals surface area contributed by atoms with Crippen molar-refractivity contribution in [3.8, 4) is 0 Å². The fourth-order valence-corrected chi connectivity index (χ4v) is 0.953. The Bertz CT molecular complexity index is 145. The van der Waals surface area contributed by atoms with Gasteiger partial charge in [0.15, 0.2) is 0 Å². The molecule has 0 unspecified atom stereocenters. The summed E-state index contributed by atoms with van der Waals surface area (Å²) in [7, 11) is 0. The molecule has 0 aromatic carbocycles. The second kappa shape index (κ2) is 6.85. The number of unbranched alkanes of at least 4 members (excludes halogenated alkanes) is 3. The maximum atomic E-state index is 10.3. The summed E-state index contributed by atoms with van der Waals surface area (Å²) < 4.78 is 0. The van der Waals surface area contributed by atoms with E-state index < -0.39 is 12.0 Å². The largest absolute Gasteiger partial charge is 0.480 e. The number of rotatable bonds is 7. The van der Waals surface area contributed by atoms with Gasteiger partial charge < -0.3 is 10.8 Å². The third-order valence-electron chi connectivity index (χ3n) is 1.74. The maximum Gasteiger partial charge on any atom is 0.320 e. The van der Waals surface area contributed by atoms with Crippen LogP contribution < -0.4 is 5.73 Å². The molecule has 0 aliphatic heterocycles. The first-order chi connectivity index (χ1) is 5.68. The van der Waals surface area contributed by atoms with Gasteiger partial charge in [-0.1, -0.05) is 18.9 Å². The van der Waals surface area contributed by atoms with Crippen molar-refractivity contribution in [2.45, 2.75) is 38.1 Å². The summed E-state index contributed by atoms with van der Waals surface area (Å²) >= 11 is 0. The van der Waals surface area contributed by atoms with Gasteiger partial charge in [0.2, 0.25) is 0 Å². The molecule has 0 aromatic heterocycles. The van der Waals surface area contributed by atoms with Crippen molar-refractivity contribution in [2.24, 2.45) is 5.73 Å². The van der Waals surface area contributed by atoms with Crippen molar-refractivity contribution in [1.29, 1.82) is 0 Å². The van der Waals surface area contributed by atoms with Gasteiger partial charge in [-0.2, -0.15) is 0 Å². The number of hydrogen-bond acceptors (Lipinski definition) is 2. The van der Waals surface area contributed by atoms with Crippen molar-refractivity contribution in [3.05, 3.63) is 12.7 Å². The Balaban J connectivity index is 3.19. The summed E-state index contributed by atoms with van der Waals surface area (Å²) in [6, 6.07) is -0.686. The Morgan fingerprint density at radius 2 is 2.17 bits per heavy atom. The number of nitrogens with two attached hydrogens (primary N) is 1. The Kier molecular flexibility index (Phi) is 6.38. The van der Waals surface area contributed by atoms with E-state index >= 15 is 0 Å². The highest BCUT2D eigenvalue weighted by Gasteiger charge is 2.09. The molecule has 1 atom stereocenters. The minimum absolute atomic E-state index is 0.576. The molecule has 0 spiro atoms. The summed E-state index contributed by atoms with van der Waals surface area (Å²) in [5, 5.41) is 8.44. The van der Waals surface area contributed by atoms with Crippen molar-refractivity contribution >= 4 is 5.97 Å². The van der Waals surface area contributed by atoms with Gasteiger partial charge in [-0.3, -0.25) is 4.79 Å². The zero-order valence-corrected chi connectivity index (χ0v) is 7.33. The number of aliphatic carboxylic acids is 1. The van der Waals surface area contributed by atoms with Gasteiger partial charge in [0.05, 0.1) is 0 Å². The molecule has 3 heteroatoms. The summed E-state index contributed by atoms with van der Waals surface area (Å²) in [6.07, 6.45) is 6.45. The summed E-state index contributed by atoms with van der Waals surface area (Å²) in [6.45, 7) is 3.60. The molecule has 12 heavy (non-hydrogen) atoms. The average Bonchev–Trinajstić information content (AvgIpc) is 2.03. The van der Waals surface area contributed by atoms with Crippen molar-refractivity contribution in [2.75, 3.05) is 0 Å². The van der Waals surface area contributed by atoms with Gasteiger partial charge in [0.1, 0.15) is 6.04 Å². The molecule has 0 amide bonds. The first-order valence-corrected chi connectivity index (χ1v) is 4.27. The zero-order valence-electron chi connectivity index (χ0n) is 7.33. The van der Waals surface area contributed by atoms with Gasteiger partial charge in [-0.15, -0.1) is 6.58 Å². The van der Waals surface area contributed by atoms with Gasteiger partial charge in [-0.25, -0.2) is 0 Å². The van der Waals surface area contributed by atoms with E-state index in [4.69, 9.17) is 10.8 Å². The van der Waals surface area contributed by atoms with Crippen molar-refractivity contribution in [1.82, 2.24) is 0 Å². The highest BCUT2D eigenvalue weighted by molar-refractivity contribution is 5.72. The normalized spacial score (nSPS) is 12.4. The molecule has 0 heterocycles. The van der Waals surface area contributed by atoms with E-state index in [-0.39, 0.29) is 0 Å². The molecule has 0 aliphatic rings. The summed E-state index contributed by atoms with van der Waals surface area (Å²) in [5.41, 5.74) is 5.31. The Hall–Kier alpha value is -0.830. The lowest BCUT2D eigenvalue weighted by Gasteiger charge is -2.04. The highest BCUT2D eigenvalue weighted by Crippen LogP contribution is 2.04. The Morgan fingerprint density at radius 3 is 2.67 bits per heavy atom. The van der Waals surface area contributed by atoms with Crippen molar-refractivity contribution < 1.29 is 9.90 Å². The van der Waals surface area contributed by atoms with E-state index in [1.165, 1.54) is 0 Å². The fraction of sp³-hybridized carbons (Fsp3) is 0.667. The van der Waals surface area contributed by atoms with E-state index in [0.29, 0.717) is 6.42 Å². The summed E-state index contributed by atoms with van der Waals surface area (Å²) in [5.74, 6) is -0.904. The Labute approximate surface area is 73.3 Å². The molecule has 0 radical (unpaired) electrons. The van der Waals surface area contributed by atoms with Crippen LogP contribution in [0.3, 0.4) is 0 Å². The zero-order chi connectivity index (χ0) is 9.40. The lowest BCUT2D eigenvalue weighted by atomic mass is 10.1. The van der Waals surface area contributed by atoms with Crippen LogP contribution in [0.4, 0.5) is 0 Å². The fourth-order valence-electron chi connectivity index (χ4n) is 0.953. The van der Waals surface area contributed by atoms with E-state index in [2.05, 4.69) is 6.58 Å². The molecule has 0 aromatic rings. The van der Waals surface area contributed by atoms with Gasteiger partial charge in [0.25, 0.3) is 0 Å². The second-order valence-corrected chi connectivity index (χ2v) is 2.87. The minimum atomic E-state index is -0.904. The van der Waals surface area contributed by atoms with Crippen LogP contribution in [-0.4, -0.2) is 17.1 Å². The van der Waals surface area contributed by atoms with Crippen LogP contribution in [0.2, 0.25) is 0 Å². The van der Waals surface area contributed by atoms with Crippen LogP contribution in [0, 0.1) is 0 Å². The van der Waals surface area contributed by atoms with Crippen LogP contribution in [0.1, 0.15) is 32.1 Å². The van der Waals surface area contributed by atoms with Crippen LogP contribution in [0.15, 0.2) is 12.7 Å². The van der Waals surface area contributed by atoms with Crippen LogP contribution in [0.5, 0.6) is 0 Å². The van der Waals surface area contributed by atoms with Crippen molar-refractivity contribution in [3.63, 3.8) is 0 Å². The third kappa shape index (κ3) is 5.92. The van der Waals surface area contributed by atoms with E-state index in [0.717, 1.165) is 25.7 Å². The molecule has 0 rings (SSSR count). The number of allylic oxidation sites excluding steroid dienone is 1. The predicted molar refractivity (Wildman–Crippen MR) is 48.9 cm³/mol. The number of carboxylic acid groups (broad SMARTS) is 1. The molecule has 0 saturated heterocycles. The molecule has 0 saturated carbocycles. The second-order valence-electron chi connectivity index (χ2n) is 2.87. The Morgan fingerprint density at radius 1 is 1.50 bits per heavy atom. The molecule has 0 bridgehead atoms. The summed E-state index contributed by atoms with van der Waals surface area (Å²) in [4.78, 5) is 10.3. The number of hydrogen-bond donors (Lipinski definition) is 2. The average molecular weight is 171 g/mol. The first kappa shape index (κ1) is 11.2. The van der Waals surface area contributed by atoms with E-state index in [1.807, 2.05) is 6.08 Å². The molecular weight excluding hydrogens is 154 g/mol. The van der Waals surface area contributed by atoms with E-state index in [9.17, 15) is 4.79 Å². The van der Waals surface area contributed by atoms with Gasteiger partial charge in [0, 0.05) is 0 Å². The molecule has 3 N–H and O–H groups in total. The van der Waals surface area contributed by atoms with Crippen LogP contribution in [0.25, 0.3) is 0 Å².